The molecule has 0 unspecified atom stereocenters. The Balaban J connectivity index is 2.11. The molecule has 0 aliphatic rings. The summed E-state index contributed by atoms with van der Waals surface area (Å²) in [5.74, 6) is -0.870. The molecular weight excluding hydrogens is 430 g/mol. The van der Waals surface area contributed by atoms with E-state index in [2.05, 4.69) is 10.2 Å². The van der Waals surface area contributed by atoms with E-state index in [1.807, 2.05) is 13.8 Å². The van der Waals surface area contributed by atoms with Crippen LogP contribution in [-0.2, 0) is 4.79 Å². The summed E-state index contributed by atoms with van der Waals surface area (Å²) >= 11 is 0. The Kier molecular flexibility index (Phi) is 9.43. The topological polar surface area (TPSA) is 139 Å². The van der Waals surface area contributed by atoms with Gasteiger partial charge in [0.2, 0.25) is 5.91 Å². The molecule has 0 aliphatic heterocycles. The van der Waals surface area contributed by atoms with E-state index in [-0.39, 0.29) is 23.5 Å². The maximum atomic E-state index is 13.0. The van der Waals surface area contributed by atoms with E-state index in [1.54, 1.807) is 0 Å². The van der Waals surface area contributed by atoms with E-state index >= 15 is 0 Å². The van der Waals surface area contributed by atoms with Gasteiger partial charge in [0, 0.05) is 42.1 Å². The Morgan fingerprint density at radius 3 is 1.85 bits per heavy atom. The number of benzene rings is 2. The molecular formula is C22H27N5O6. The molecule has 2 aromatic carbocycles. The van der Waals surface area contributed by atoms with Crippen LogP contribution < -0.4 is 5.32 Å². The maximum Gasteiger partial charge on any atom is 0.269 e. The van der Waals surface area contributed by atoms with Crippen LogP contribution in [0.15, 0.2) is 48.5 Å². The van der Waals surface area contributed by atoms with Crippen LogP contribution in [0.5, 0.6) is 0 Å². The average molecular weight is 457 g/mol. The van der Waals surface area contributed by atoms with E-state index in [1.165, 1.54) is 53.4 Å². The molecule has 0 fully saturated rings. The van der Waals surface area contributed by atoms with Crippen molar-refractivity contribution in [2.75, 3.05) is 38.0 Å². The highest BCUT2D eigenvalue weighted by atomic mass is 16.6. The fourth-order valence-corrected chi connectivity index (χ4v) is 3.23. The van der Waals surface area contributed by atoms with Crippen LogP contribution in [0.25, 0.3) is 0 Å². The van der Waals surface area contributed by atoms with Gasteiger partial charge in [0.1, 0.15) is 6.54 Å². The predicted octanol–water partition coefficient (Wildman–Crippen LogP) is 3.32. The highest BCUT2D eigenvalue weighted by Crippen LogP contribution is 2.16. The van der Waals surface area contributed by atoms with Crippen molar-refractivity contribution in [3.8, 4) is 0 Å². The van der Waals surface area contributed by atoms with Crippen LogP contribution in [0.3, 0.4) is 0 Å². The minimum atomic E-state index is -0.548. The molecule has 1 N–H and O–H groups in total. The number of hydrogen-bond acceptors (Lipinski definition) is 7. The summed E-state index contributed by atoms with van der Waals surface area (Å²) in [4.78, 5) is 49.8. The third-order valence-corrected chi connectivity index (χ3v) is 5.11. The number of nitro groups is 2. The number of amides is 2. The summed E-state index contributed by atoms with van der Waals surface area (Å²) in [7, 11) is 0. The molecule has 0 heterocycles. The first-order valence-electron chi connectivity index (χ1n) is 10.6. The van der Waals surface area contributed by atoms with Crippen molar-refractivity contribution >= 4 is 28.9 Å². The lowest BCUT2D eigenvalue weighted by Crippen LogP contribution is -2.39. The summed E-state index contributed by atoms with van der Waals surface area (Å²) in [5, 5.41) is 24.3. The lowest BCUT2D eigenvalue weighted by atomic mass is 10.1. The fourth-order valence-electron chi connectivity index (χ4n) is 3.23. The number of non-ortho nitro benzene ring substituents is 2. The largest absolute Gasteiger partial charge is 0.329 e. The minimum Gasteiger partial charge on any atom is -0.329 e. The third kappa shape index (κ3) is 7.65. The normalized spacial score (nSPS) is 10.6. The summed E-state index contributed by atoms with van der Waals surface area (Å²) in [5.41, 5.74) is 0.387. The van der Waals surface area contributed by atoms with E-state index in [9.17, 15) is 29.8 Å². The molecule has 11 nitrogen and oxygen atoms in total. The fraction of sp³-hybridized carbons (Fsp3) is 0.364. The molecule has 176 valence electrons. The molecule has 0 bridgehead atoms. The monoisotopic (exact) mass is 457 g/mol. The predicted molar refractivity (Wildman–Crippen MR) is 123 cm³/mol. The first kappa shape index (κ1) is 25.4. The molecule has 0 saturated carbocycles. The van der Waals surface area contributed by atoms with Crippen molar-refractivity contribution in [2.45, 2.75) is 20.3 Å². The number of nitro benzene ring substituents is 2. The van der Waals surface area contributed by atoms with Gasteiger partial charge in [-0.05, 0) is 50.3 Å². The Morgan fingerprint density at radius 2 is 1.36 bits per heavy atom. The Morgan fingerprint density at radius 1 is 0.848 bits per heavy atom. The van der Waals surface area contributed by atoms with Gasteiger partial charge in [-0.2, -0.15) is 0 Å². The van der Waals surface area contributed by atoms with Gasteiger partial charge in [-0.15, -0.1) is 0 Å². The Bertz CT molecular complexity index is 974. The van der Waals surface area contributed by atoms with Crippen molar-refractivity contribution in [2.24, 2.45) is 0 Å². The zero-order valence-corrected chi connectivity index (χ0v) is 18.6. The Labute approximate surface area is 191 Å². The van der Waals surface area contributed by atoms with E-state index < -0.39 is 21.7 Å². The van der Waals surface area contributed by atoms with Crippen molar-refractivity contribution in [3.63, 3.8) is 0 Å². The molecule has 0 aromatic heterocycles. The second-order valence-electron chi connectivity index (χ2n) is 7.26. The number of carbonyl (C=O) groups excluding carboxylic acids is 2. The van der Waals surface area contributed by atoms with Crippen LogP contribution in [0, 0.1) is 20.2 Å². The standard InChI is InChI=1S/C22H27N5O6/c1-3-24(4-2)14-5-15-25(22(29)17-6-10-19(11-7-17)26(30)31)16-21(28)23-18-8-12-20(13-9-18)27(32)33/h6-13H,3-5,14-16H2,1-2H3,(H,23,28). The smallest absolute Gasteiger partial charge is 0.269 e. The number of carbonyl (C=O) groups is 2. The second-order valence-corrected chi connectivity index (χ2v) is 7.26. The van der Waals surface area contributed by atoms with E-state index in [4.69, 9.17) is 0 Å². The third-order valence-electron chi connectivity index (χ3n) is 5.11. The van der Waals surface area contributed by atoms with Crippen molar-refractivity contribution in [3.05, 3.63) is 74.3 Å². The summed E-state index contributed by atoms with van der Waals surface area (Å²) < 4.78 is 0. The number of nitrogens with one attached hydrogen (secondary N) is 1. The molecule has 0 radical (unpaired) electrons. The molecule has 0 aliphatic carbocycles. The highest BCUT2D eigenvalue weighted by Gasteiger charge is 2.20. The van der Waals surface area contributed by atoms with E-state index in [0.717, 1.165) is 19.6 Å². The van der Waals surface area contributed by atoms with Gasteiger partial charge in [0.25, 0.3) is 17.3 Å². The second kappa shape index (κ2) is 12.2. The SMILES string of the molecule is CCN(CC)CCCN(CC(=O)Nc1ccc([N+](=O)[O-])cc1)C(=O)c1ccc([N+](=O)[O-])cc1. The number of nitrogens with zero attached hydrogens (tertiary/aromatic N) is 4. The molecule has 2 rings (SSSR count). The lowest BCUT2D eigenvalue weighted by Gasteiger charge is -2.24. The lowest BCUT2D eigenvalue weighted by molar-refractivity contribution is -0.385. The first-order chi connectivity index (χ1) is 15.7. The van der Waals surface area contributed by atoms with Crippen molar-refractivity contribution in [1.82, 2.24) is 9.80 Å². The molecule has 2 amide bonds. The van der Waals surface area contributed by atoms with Crippen LogP contribution in [-0.4, -0.2) is 64.2 Å². The maximum absolute atomic E-state index is 13.0. The zero-order chi connectivity index (χ0) is 24.4. The molecule has 2 aromatic rings. The molecule has 33 heavy (non-hydrogen) atoms. The van der Waals surface area contributed by atoms with Gasteiger partial charge in [0.15, 0.2) is 0 Å². The molecule has 0 atom stereocenters. The van der Waals surface area contributed by atoms with Crippen LogP contribution in [0.1, 0.15) is 30.6 Å². The number of rotatable bonds is 12. The van der Waals surface area contributed by atoms with Gasteiger partial charge in [-0.3, -0.25) is 29.8 Å². The van der Waals surface area contributed by atoms with Crippen molar-refractivity contribution in [1.29, 1.82) is 0 Å². The summed E-state index contributed by atoms with van der Waals surface area (Å²) in [6, 6.07) is 10.6. The highest BCUT2D eigenvalue weighted by molar-refractivity contribution is 5.99. The summed E-state index contributed by atoms with van der Waals surface area (Å²) in [6.45, 7) is 6.66. The van der Waals surface area contributed by atoms with Gasteiger partial charge < -0.3 is 15.1 Å². The molecule has 0 saturated heterocycles. The van der Waals surface area contributed by atoms with Crippen LogP contribution >= 0.6 is 0 Å². The van der Waals surface area contributed by atoms with Gasteiger partial charge in [-0.25, -0.2) is 0 Å². The zero-order valence-electron chi connectivity index (χ0n) is 18.6. The first-order valence-corrected chi connectivity index (χ1v) is 10.6. The Hall–Kier alpha value is -3.86. The number of anilines is 1. The molecule has 0 spiro atoms. The quantitative estimate of drug-likeness (QED) is 0.381. The average Bonchev–Trinajstić information content (AvgIpc) is 2.81. The van der Waals surface area contributed by atoms with Gasteiger partial charge in [0.05, 0.1) is 9.85 Å². The van der Waals surface area contributed by atoms with Gasteiger partial charge in [-0.1, -0.05) is 13.8 Å². The van der Waals surface area contributed by atoms with Crippen LogP contribution in [0.4, 0.5) is 17.1 Å². The van der Waals surface area contributed by atoms with Crippen LogP contribution in [0.2, 0.25) is 0 Å². The van der Waals surface area contributed by atoms with E-state index in [0.29, 0.717) is 18.7 Å². The van der Waals surface area contributed by atoms with Crippen molar-refractivity contribution < 1.29 is 19.4 Å². The minimum absolute atomic E-state index is 0.0978. The molecule has 11 heteroatoms. The summed E-state index contributed by atoms with van der Waals surface area (Å²) in [6.07, 6.45) is 0.644. The number of hydrogen-bond donors (Lipinski definition) is 1. The van der Waals surface area contributed by atoms with Gasteiger partial charge >= 0.3 is 0 Å².